The molecule has 4 rings (SSSR count). The zero-order chi connectivity index (χ0) is 25.3. The summed E-state index contributed by atoms with van der Waals surface area (Å²) < 4.78 is 14.6. The molecule has 9 heteroatoms. The van der Waals surface area contributed by atoms with Crippen LogP contribution in [-0.4, -0.2) is 28.2 Å². The van der Waals surface area contributed by atoms with Crippen LogP contribution in [-0.2, 0) is 18.8 Å². The molecule has 1 heterocycles. The molecule has 0 radical (unpaired) electrons. The average molecular weight is 586 g/mol. The van der Waals surface area contributed by atoms with E-state index in [1.165, 1.54) is 5.56 Å². The van der Waals surface area contributed by atoms with Crippen LogP contribution in [0.3, 0.4) is 0 Å². The number of hydrogen-bond acceptors (Lipinski definition) is 6. The van der Waals surface area contributed by atoms with Crippen molar-refractivity contribution in [2.24, 2.45) is 5.10 Å². The van der Waals surface area contributed by atoms with Crippen molar-refractivity contribution in [3.05, 3.63) is 98.7 Å². The maximum absolute atomic E-state index is 6.17. The van der Waals surface area contributed by atoms with Gasteiger partial charge in [-0.05, 0) is 53.9 Å². The number of rotatable bonds is 11. The number of nitrogens with zero attached hydrogens (tertiary/aromatic N) is 4. The molecule has 0 atom stereocenters. The Kier molecular flexibility index (Phi) is 9.44. The van der Waals surface area contributed by atoms with E-state index in [2.05, 4.69) is 45.2 Å². The average Bonchev–Trinajstić information content (AvgIpc) is 3.28. The van der Waals surface area contributed by atoms with E-state index in [9.17, 15) is 0 Å². The first-order chi connectivity index (χ1) is 17.6. The SMILES string of the molecule is CCCc1nnc(SCc2ccc(Br)cc2)n1/N=C/c1cccc(OC)c1OCc1ccc(Cl)cc1. The molecule has 36 heavy (non-hydrogen) atoms. The van der Waals surface area contributed by atoms with Gasteiger partial charge in [0.1, 0.15) is 6.61 Å². The van der Waals surface area contributed by atoms with E-state index in [1.807, 2.05) is 59.3 Å². The molecule has 0 bridgehead atoms. The van der Waals surface area contributed by atoms with Crippen LogP contribution in [0.15, 0.2) is 81.5 Å². The number of aromatic nitrogens is 3. The fourth-order valence-corrected chi connectivity index (χ4v) is 4.67. The smallest absolute Gasteiger partial charge is 0.212 e. The van der Waals surface area contributed by atoms with Crippen molar-refractivity contribution in [2.75, 3.05) is 7.11 Å². The molecule has 0 aliphatic carbocycles. The van der Waals surface area contributed by atoms with E-state index in [-0.39, 0.29) is 0 Å². The molecule has 4 aromatic rings. The predicted octanol–water partition coefficient (Wildman–Crippen LogP) is 7.41. The van der Waals surface area contributed by atoms with Gasteiger partial charge in [0, 0.05) is 27.2 Å². The molecular formula is C27H26BrClN4O2S. The van der Waals surface area contributed by atoms with E-state index in [1.54, 1.807) is 25.1 Å². The van der Waals surface area contributed by atoms with E-state index in [0.29, 0.717) is 23.1 Å². The van der Waals surface area contributed by atoms with Gasteiger partial charge in [-0.1, -0.05) is 76.5 Å². The van der Waals surface area contributed by atoms with Crippen molar-refractivity contribution >= 4 is 45.5 Å². The topological polar surface area (TPSA) is 61.5 Å². The third-order valence-corrected chi connectivity index (χ3v) is 7.04. The molecule has 3 aromatic carbocycles. The first-order valence-electron chi connectivity index (χ1n) is 11.5. The van der Waals surface area contributed by atoms with Crippen molar-refractivity contribution in [1.29, 1.82) is 0 Å². The molecule has 186 valence electrons. The van der Waals surface area contributed by atoms with E-state index in [4.69, 9.17) is 26.2 Å². The normalized spacial score (nSPS) is 11.2. The minimum Gasteiger partial charge on any atom is -0.493 e. The Labute approximate surface area is 228 Å². The third-order valence-electron chi connectivity index (χ3n) is 5.27. The van der Waals surface area contributed by atoms with Crippen molar-refractivity contribution in [1.82, 2.24) is 14.9 Å². The Bertz CT molecular complexity index is 1310. The minimum atomic E-state index is 0.375. The zero-order valence-corrected chi connectivity index (χ0v) is 23.2. The van der Waals surface area contributed by atoms with E-state index < -0.39 is 0 Å². The number of halogens is 2. The molecular weight excluding hydrogens is 560 g/mol. The predicted molar refractivity (Wildman–Crippen MR) is 149 cm³/mol. The van der Waals surface area contributed by atoms with Gasteiger partial charge in [0.05, 0.1) is 13.3 Å². The van der Waals surface area contributed by atoms with Crippen LogP contribution < -0.4 is 9.47 Å². The van der Waals surface area contributed by atoms with Crippen molar-refractivity contribution in [3.63, 3.8) is 0 Å². The summed E-state index contributed by atoms with van der Waals surface area (Å²) in [5, 5.41) is 15.0. The van der Waals surface area contributed by atoms with Crippen molar-refractivity contribution in [3.8, 4) is 11.5 Å². The minimum absolute atomic E-state index is 0.375. The van der Waals surface area contributed by atoms with Gasteiger partial charge in [-0.2, -0.15) is 9.78 Å². The second kappa shape index (κ2) is 12.9. The van der Waals surface area contributed by atoms with Crippen LogP contribution in [0.4, 0.5) is 0 Å². The molecule has 1 aromatic heterocycles. The van der Waals surface area contributed by atoms with Crippen LogP contribution in [0.1, 0.15) is 35.9 Å². The number of aryl methyl sites for hydroxylation is 1. The summed E-state index contributed by atoms with van der Waals surface area (Å²) in [5.41, 5.74) is 3.00. The van der Waals surface area contributed by atoms with Gasteiger partial charge in [-0.25, -0.2) is 0 Å². The number of thioether (sulfide) groups is 1. The number of para-hydroxylation sites is 1. The Morgan fingerprint density at radius 2 is 1.78 bits per heavy atom. The molecule has 0 unspecified atom stereocenters. The third kappa shape index (κ3) is 6.90. The summed E-state index contributed by atoms with van der Waals surface area (Å²) in [7, 11) is 1.63. The molecule has 6 nitrogen and oxygen atoms in total. The van der Waals surface area contributed by atoms with Gasteiger partial charge in [-0.15, -0.1) is 10.2 Å². The standard InChI is InChI=1S/C27H26BrClN4O2S/c1-3-5-25-31-32-27(36-18-20-8-12-22(28)13-9-20)33(25)30-16-21-6-4-7-24(34-2)26(21)35-17-19-10-14-23(29)15-11-19/h4,6-16H,3,5,17-18H2,1-2H3/b30-16+. The lowest BCUT2D eigenvalue weighted by molar-refractivity contribution is 0.284. The summed E-state index contributed by atoms with van der Waals surface area (Å²) in [5.74, 6) is 2.84. The van der Waals surface area contributed by atoms with Gasteiger partial charge in [0.15, 0.2) is 17.3 Å². The Morgan fingerprint density at radius 3 is 2.50 bits per heavy atom. The van der Waals surface area contributed by atoms with Crippen LogP contribution in [0, 0.1) is 0 Å². The highest BCUT2D eigenvalue weighted by Gasteiger charge is 2.14. The number of hydrogen-bond donors (Lipinski definition) is 0. The lowest BCUT2D eigenvalue weighted by Gasteiger charge is -2.13. The fourth-order valence-electron chi connectivity index (χ4n) is 3.42. The zero-order valence-electron chi connectivity index (χ0n) is 20.0. The highest BCUT2D eigenvalue weighted by molar-refractivity contribution is 9.10. The Balaban J connectivity index is 1.58. The van der Waals surface area contributed by atoms with Crippen molar-refractivity contribution in [2.45, 2.75) is 37.3 Å². The summed E-state index contributed by atoms with van der Waals surface area (Å²) in [6, 6.07) is 21.6. The van der Waals surface area contributed by atoms with Crippen LogP contribution >= 0.6 is 39.3 Å². The largest absolute Gasteiger partial charge is 0.493 e. The first kappa shape index (κ1) is 26.3. The summed E-state index contributed by atoms with van der Waals surface area (Å²) in [6.45, 7) is 2.49. The van der Waals surface area contributed by atoms with Gasteiger partial charge in [0.25, 0.3) is 0 Å². The summed E-state index contributed by atoms with van der Waals surface area (Å²) in [4.78, 5) is 0. The molecule has 0 saturated heterocycles. The lowest BCUT2D eigenvalue weighted by Crippen LogP contribution is -2.03. The van der Waals surface area contributed by atoms with Gasteiger partial charge in [-0.3, -0.25) is 0 Å². The number of methoxy groups -OCH3 is 1. The highest BCUT2D eigenvalue weighted by atomic mass is 79.9. The highest BCUT2D eigenvalue weighted by Crippen LogP contribution is 2.31. The number of benzene rings is 3. The Morgan fingerprint density at radius 1 is 1.03 bits per heavy atom. The summed E-state index contributed by atoms with van der Waals surface area (Å²) >= 11 is 11.1. The van der Waals surface area contributed by atoms with E-state index in [0.717, 1.165) is 45.2 Å². The maximum Gasteiger partial charge on any atom is 0.212 e. The molecule has 0 aliphatic heterocycles. The van der Waals surface area contributed by atoms with Gasteiger partial charge in [0.2, 0.25) is 5.16 Å². The fraction of sp³-hybridized carbons (Fsp3) is 0.222. The second-order valence-electron chi connectivity index (χ2n) is 7.91. The molecule has 0 saturated carbocycles. The quantitative estimate of drug-likeness (QED) is 0.135. The second-order valence-corrected chi connectivity index (χ2v) is 10.2. The molecule has 0 amide bonds. The Hall–Kier alpha value is -2.81. The lowest BCUT2D eigenvalue weighted by atomic mass is 10.2. The molecule has 0 spiro atoms. The van der Waals surface area contributed by atoms with Crippen LogP contribution in [0.5, 0.6) is 11.5 Å². The monoisotopic (exact) mass is 584 g/mol. The van der Waals surface area contributed by atoms with Crippen molar-refractivity contribution < 1.29 is 9.47 Å². The summed E-state index contributed by atoms with van der Waals surface area (Å²) in [6.07, 6.45) is 3.49. The first-order valence-corrected chi connectivity index (χ1v) is 13.6. The van der Waals surface area contributed by atoms with Gasteiger partial charge >= 0.3 is 0 Å². The molecule has 0 fully saturated rings. The molecule has 0 aliphatic rings. The van der Waals surface area contributed by atoms with E-state index >= 15 is 0 Å². The maximum atomic E-state index is 6.17. The van der Waals surface area contributed by atoms with Crippen LogP contribution in [0.25, 0.3) is 0 Å². The molecule has 0 N–H and O–H groups in total. The number of ether oxygens (including phenoxy) is 2. The van der Waals surface area contributed by atoms with Gasteiger partial charge < -0.3 is 9.47 Å². The van der Waals surface area contributed by atoms with Crippen LogP contribution in [0.2, 0.25) is 5.02 Å².